The van der Waals surface area contributed by atoms with Gasteiger partial charge in [0.05, 0.1) is 24.1 Å². The molecular formula is C17H13N5O2. The van der Waals surface area contributed by atoms with E-state index < -0.39 is 0 Å². The van der Waals surface area contributed by atoms with Gasteiger partial charge in [-0.25, -0.2) is 9.67 Å². The van der Waals surface area contributed by atoms with Gasteiger partial charge in [-0.1, -0.05) is 18.2 Å². The average Bonchev–Trinajstić information content (AvgIpc) is 3.28. The van der Waals surface area contributed by atoms with Gasteiger partial charge < -0.3 is 4.98 Å². The number of aromatic nitrogens is 5. The first-order valence-electron chi connectivity index (χ1n) is 7.39. The molecule has 0 unspecified atom stereocenters. The number of aromatic amines is 1. The van der Waals surface area contributed by atoms with E-state index >= 15 is 0 Å². The number of H-pyrrole nitrogens is 1. The molecule has 0 saturated heterocycles. The van der Waals surface area contributed by atoms with Crippen LogP contribution in [0, 0.1) is 0 Å². The summed E-state index contributed by atoms with van der Waals surface area (Å²) in [6, 6.07) is 12.9. The second-order valence-corrected chi connectivity index (χ2v) is 5.31. The van der Waals surface area contributed by atoms with Crippen molar-refractivity contribution in [2.45, 2.75) is 6.54 Å². The predicted octanol–water partition coefficient (Wildman–Crippen LogP) is 1.79. The lowest BCUT2D eigenvalue weighted by Crippen LogP contribution is -2.24. The molecule has 0 aliphatic rings. The number of nitrogens with one attached hydrogen (secondary N) is 1. The van der Waals surface area contributed by atoms with Gasteiger partial charge in [0, 0.05) is 6.20 Å². The highest BCUT2D eigenvalue weighted by Crippen LogP contribution is 2.13. The normalized spacial score (nSPS) is 11.0. The van der Waals surface area contributed by atoms with Crippen molar-refractivity contribution in [3.05, 3.63) is 77.2 Å². The number of ketones is 1. The molecule has 0 spiro atoms. The summed E-state index contributed by atoms with van der Waals surface area (Å²) >= 11 is 0. The van der Waals surface area contributed by atoms with Crippen LogP contribution >= 0.6 is 0 Å². The molecule has 1 aromatic carbocycles. The molecule has 0 atom stereocenters. The van der Waals surface area contributed by atoms with E-state index in [-0.39, 0.29) is 17.9 Å². The Morgan fingerprint density at radius 3 is 2.71 bits per heavy atom. The zero-order valence-corrected chi connectivity index (χ0v) is 12.6. The second-order valence-electron chi connectivity index (χ2n) is 5.31. The summed E-state index contributed by atoms with van der Waals surface area (Å²) in [4.78, 5) is 31.9. The largest absolute Gasteiger partial charge is 0.359 e. The average molecular weight is 319 g/mol. The van der Waals surface area contributed by atoms with Crippen LogP contribution in [-0.2, 0) is 6.54 Å². The van der Waals surface area contributed by atoms with Crippen LogP contribution in [0.15, 0.2) is 66.0 Å². The Labute approximate surface area is 136 Å². The number of para-hydroxylation sites is 1. The summed E-state index contributed by atoms with van der Waals surface area (Å²) in [5.41, 5.74) is 1.46. The summed E-state index contributed by atoms with van der Waals surface area (Å²) in [5, 5.41) is 4.62. The van der Waals surface area contributed by atoms with Crippen molar-refractivity contribution in [1.29, 1.82) is 0 Å². The molecule has 0 fully saturated rings. The fourth-order valence-electron chi connectivity index (χ4n) is 2.56. The maximum Gasteiger partial charge on any atom is 0.264 e. The SMILES string of the molecule is O=C(Cn1cnc2c(cnn2-c2ccccc2)c1=O)c1ccc[nH]1. The van der Waals surface area contributed by atoms with Crippen molar-refractivity contribution in [1.82, 2.24) is 24.3 Å². The second kappa shape index (κ2) is 5.62. The number of fused-ring (bicyclic) bond motifs is 1. The van der Waals surface area contributed by atoms with Gasteiger partial charge in [0.2, 0.25) is 0 Å². The predicted molar refractivity (Wildman–Crippen MR) is 88.2 cm³/mol. The molecule has 0 aliphatic carbocycles. The Kier molecular flexibility index (Phi) is 3.31. The molecule has 0 bridgehead atoms. The maximum absolute atomic E-state index is 12.6. The molecular weight excluding hydrogens is 306 g/mol. The number of rotatable bonds is 4. The van der Waals surface area contributed by atoms with Gasteiger partial charge in [0.1, 0.15) is 11.7 Å². The van der Waals surface area contributed by atoms with E-state index in [1.807, 2.05) is 30.3 Å². The number of hydrogen-bond donors (Lipinski definition) is 1. The first-order valence-corrected chi connectivity index (χ1v) is 7.39. The summed E-state index contributed by atoms with van der Waals surface area (Å²) in [7, 11) is 0. The third-order valence-electron chi connectivity index (χ3n) is 3.77. The smallest absolute Gasteiger partial charge is 0.264 e. The lowest BCUT2D eigenvalue weighted by atomic mass is 10.3. The van der Waals surface area contributed by atoms with Crippen molar-refractivity contribution < 1.29 is 4.79 Å². The Morgan fingerprint density at radius 1 is 1.12 bits per heavy atom. The van der Waals surface area contributed by atoms with E-state index in [0.717, 1.165) is 5.69 Å². The number of benzene rings is 1. The Hall–Kier alpha value is -3.48. The molecule has 118 valence electrons. The first kappa shape index (κ1) is 14.1. The minimum Gasteiger partial charge on any atom is -0.359 e. The Morgan fingerprint density at radius 2 is 1.96 bits per heavy atom. The highest BCUT2D eigenvalue weighted by atomic mass is 16.1. The van der Waals surface area contributed by atoms with Gasteiger partial charge in [0.25, 0.3) is 5.56 Å². The number of hydrogen-bond acceptors (Lipinski definition) is 4. The van der Waals surface area contributed by atoms with Gasteiger partial charge in [0.15, 0.2) is 11.4 Å². The molecule has 3 aromatic heterocycles. The fraction of sp³-hybridized carbons (Fsp3) is 0.0588. The van der Waals surface area contributed by atoms with Crippen LogP contribution in [0.3, 0.4) is 0 Å². The topological polar surface area (TPSA) is 85.6 Å². The minimum atomic E-state index is -0.290. The minimum absolute atomic E-state index is 0.0706. The van der Waals surface area contributed by atoms with Crippen LogP contribution in [0.2, 0.25) is 0 Å². The van der Waals surface area contributed by atoms with Crippen LogP contribution in [0.5, 0.6) is 0 Å². The lowest BCUT2D eigenvalue weighted by Gasteiger charge is -2.05. The molecule has 1 N–H and O–H groups in total. The third-order valence-corrected chi connectivity index (χ3v) is 3.77. The van der Waals surface area contributed by atoms with Gasteiger partial charge in [-0.15, -0.1) is 0 Å². The lowest BCUT2D eigenvalue weighted by molar-refractivity contribution is 0.0966. The molecule has 7 nitrogen and oxygen atoms in total. The summed E-state index contributed by atoms with van der Waals surface area (Å²) in [6.45, 7) is -0.0706. The van der Waals surface area contributed by atoms with Gasteiger partial charge in [-0.05, 0) is 24.3 Å². The summed E-state index contributed by atoms with van der Waals surface area (Å²) in [6.07, 6.45) is 4.53. The molecule has 0 radical (unpaired) electrons. The standard InChI is InChI=1S/C17H13N5O2/c23-15(14-7-4-8-18-14)10-21-11-19-16-13(17(21)24)9-20-22(16)12-5-2-1-3-6-12/h1-9,11,18H,10H2. The molecule has 7 heteroatoms. The zero-order valence-electron chi connectivity index (χ0n) is 12.6. The van der Waals surface area contributed by atoms with Crippen molar-refractivity contribution in [2.75, 3.05) is 0 Å². The van der Waals surface area contributed by atoms with Crippen molar-refractivity contribution in [3.8, 4) is 5.69 Å². The van der Waals surface area contributed by atoms with Crippen LogP contribution in [0.1, 0.15) is 10.5 Å². The van der Waals surface area contributed by atoms with Crippen LogP contribution in [0.25, 0.3) is 16.7 Å². The summed E-state index contributed by atoms with van der Waals surface area (Å²) < 4.78 is 2.90. The number of carbonyl (C=O) groups is 1. The van der Waals surface area contributed by atoms with Crippen LogP contribution < -0.4 is 5.56 Å². The Balaban J connectivity index is 1.74. The van der Waals surface area contributed by atoms with Crippen molar-refractivity contribution in [3.63, 3.8) is 0 Å². The van der Waals surface area contributed by atoms with Gasteiger partial charge in [-0.2, -0.15) is 5.10 Å². The van der Waals surface area contributed by atoms with E-state index in [1.165, 1.54) is 17.1 Å². The van der Waals surface area contributed by atoms with Gasteiger partial charge >= 0.3 is 0 Å². The number of nitrogens with zero attached hydrogens (tertiary/aromatic N) is 4. The van der Waals surface area contributed by atoms with Gasteiger partial charge in [-0.3, -0.25) is 14.2 Å². The van der Waals surface area contributed by atoms with Crippen LogP contribution in [0.4, 0.5) is 0 Å². The number of carbonyl (C=O) groups excluding carboxylic acids is 1. The van der Waals surface area contributed by atoms with E-state index in [9.17, 15) is 9.59 Å². The van der Waals surface area contributed by atoms with E-state index in [2.05, 4.69) is 15.1 Å². The fourth-order valence-corrected chi connectivity index (χ4v) is 2.56. The molecule has 4 aromatic rings. The maximum atomic E-state index is 12.6. The zero-order chi connectivity index (χ0) is 16.5. The molecule has 0 amide bonds. The van der Waals surface area contributed by atoms with E-state index in [0.29, 0.717) is 16.7 Å². The molecule has 4 rings (SSSR count). The highest BCUT2D eigenvalue weighted by Gasteiger charge is 2.14. The Bertz CT molecular complexity index is 1060. The van der Waals surface area contributed by atoms with Crippen LogP contribution in [-0.4, -0.2) is 30.1 Å². The molecule has 3 heterocycles. The molecule has 24 heavy (non-hydrogen) atoms. The van der Waals surface area contributed by atoms with E-state index in [4.69, 9.17) is 0 Å². The monoisotopic (exact) mass is 319 g/mol. The number of Topliss-reactive ketones (excluding diaryl/α,β-unsaturated/α-hetero) is 1. The van der Waals surface area contributed by atoms with Crippen molar-refractivity contribution in [2.24, 2.45) is 0 Å². The molecule has 0 saturated carbocycles. The van der Waals surface area contributed by atoms with E-state index in [1.54, 1.807) is 23.0 Å². The first-order chi connectivity index (χ1) is 11.7. The summed E-state index contributed by atoms with van der Waals surface area (Å²) in [5.74, 6) is -0.182. The van der Waals surface area contributed by atoms with Crippen molar-refractivity contribution >= 4 is 16.8 Å². The molecule has 0 aliphatic heterocycles. The highest BCUT2D eigenvalue weighted by molar-refractivity contribution is 5.94. The third kappa shape index (κ3) is 2.32. The quantitative estimate of drug-likeness (QED) is 0.581.